The van der Waals surface area contributed by atoms with Crippen LogP contribution in [0.5, 0.6) is 0 Å². The molecule has 0 nitrogen and oxygen atoms in total. The van der Waals surface area contributed by atoms with Crippen molar-refractivity contribution in [2.75, 3.05) is 0 Å². The molecule has 0 atom stereocenters. The van der Waals surface area contributed by atoms with Crippen molar-refractivity contribution in [1.29, 1.82) is 0 Å². The van der Waals surface area contributed by atoms with E-state index in [1.54, 1.807) is 6.08 Å². The van der Waals surface area contributed by atoms with Crippen molar-refractivity contribution in [2.45, 2.75) is 46.0 Å². The minimum Gasteiger partial charge on any atom is -0.212 e. The molecule has 0 fully saturated rings. The standard InChI is InChI=1S/C21H25F/c1-3-5-21(22)16-20-14-12-19(13-15-20)11-10-18-8-6-17(4-2)7-9-18/h6-9,12-16H,3-5,10-11H2,1-2H3/b21-16+. The summed E-state index contributed by atoms with van der Waals surface area (Å²) in [6.45, 7) is 4.16. The molecule has 0 radical (unpaired) electrons. The smallest absolute Gasteiger partial charge is 0.100 e. The van der Waals surface area contributed by atoms with Crippen molar-refractivity contribution in [3.63, 3.8) is 0 Å². The van der Waals surface area contributed by atoms with Gasteiger partial charge in [-0.1, -0.05) is 62.4 Å². The summed E-state index contributed by atoms with van der Waals surface area (Å²) in [5.41, 5.74) is 5.00. The van der Waals surface area contributed by atoms with Crippen molar-refractivity contribution in [3.8, 4) is 0 Å². The first kappa shape index (κ1) is 16.5. The Morgan fingerprint density at radius 3 is 1.82 bits per heavy atom. The summed E-state index contributed by atoms with van der Waals surface area (Å²) in [4.78, 5) is 0. The van der Waals surface area contributed by atoms with Crippen molar-refractivity contribution >= 4 is 6.08 Å². The first-order valence-electron chi connectivity index (χ1n) is 8.24. The molecule has 0 N–H and O–H groups in total. The second kappa shape index (κ2) is 8.53. The number of allylic oxidation sites excluding steroid dienone is 1. The van der Waals surface area contributed by atoms with Gasteiger partial charge in [0.25, 0.3) is 0 Å². The summed E-state index contributed by atoms with van der Waals surface area (Å²) >= 11 is 0. The van der Waals surface area contributed by atoms with Crippen LogP contribution < -0.4 is 0 Å². The average molecular weight is 296 g/mol. The number of hydrogen-bond donors (Lipinski definition) is 0. The van der Waals surface area contributed by atoms with E-state index < -0.39 is 0 Å². The van der Waals surface area contributed by atoms with Crippen LogP contribution in [-0.2, 0) is 19.3 Å². The first-order valence-corrected chi connectivity index (χ1v) is 8.24. The summed E-state index contributed by atoms with van der Waals surface area (Å²) in [5.74, 6) is -0.0359. The fourth-order valence-electron chi connectivity index (χ4n) is 2.50. The van der Waals surface area contributed by atoms with Crippen LogP contribution in [0.15, 0.2) is 54.4 Å². The van der Waals surface area contributed by atoms with E-state index in [-0.39, 0.29) is 5.83 Å². The van der Waals surface area contributed by atoms with Gasteiger partial charge in [0, 0.05) is 0 Å². The molecule has 0 aliphatic heterocycles. The number of halogens is 1. The molecule has 0 amide bonds. The van der Waals surface area contributed by atoms with Gasteiger partial charge in [0.1, 0.15) is 5.83 Å². The molecule has 2 aromatic rings. The van der Waals surface area contributed by atoms with E-state index in [4.69, 9.17) is 0 Å². The van der Waals surface area contributed by atoms with Crippen molar-refractivity contribution in [2.24, 2.45) is 0 Å². The SMILES string of the molecule is CCC/C(F)=C\c1ccc(CCc2ccc(CC)cc2)cc1. The molecule has 0 saturated heterocycles. The lowest BCUT2D eigenvalue weighted by molar-refractivity contribution is 0.591. The minimum absolute atomic E-state index is 0.0359. The summed E-state index contributed by atoms with van der Waals surface area (Å²) in [6.07, 6.45) is 6.16. The number of rotatable bonds is 7. The zero-order valence-corrected chi connectivity index (χ0v) is 13.6. The molecular weight excluding hydrogens is 271 g/mol. The van der Waals surface area contributed by atoms with Crippen LogP contribution in [0, 0.1) is 0 Å². The summed E-state index contributed by atoms with van der Waals surface area (Å²) in [7, 11) is 0. The van der Waals surface area contributed by atoms with Crippen LogP contribution in [-0.4, -0.2) is 0 Å². The van der Waals surface area contributed by atoms with Crippen LogP contribution in [0.1, 0.15) is 48.9 Å². The lowest BCUT2D eigenvalue weighted by Crippen LogP contribution is -1.92. The summed E-state index contributed by atoms with van der Waals surface area (Å²) < 4.78 is 13.5. The predicted molar refractivity (Wildman–Crippen MR) is 93.7 cm³/mol. The molecule has 2 rings (SSSR count). The lowest BCUT2D eigenvalue weighted by atomic mass is 10.0. The maximum atomic E-state index is 13.5. The van der Waals surface area contributed by atoms with Gasteiger partial charge in [-0.15, -0.1) is 0 Å². The highest BCUT2D eigenvalue weighted by atomic mass is 19.1. The van der Waals surface area contributed by atoms with Crippen molar-refractivity contribution in [3.05, 3.63) is 76.6 Å². The van der Waals surface area contributed by atoms with E-state index in [9.17, 15) is 4.39 Å². The Hall–Kier alpha value is -1.89. The van der Waals surface area contributed by atoms with Crippen LogP contribution in [0.2, 0.25) is 0 Å². The molecule has 0 aliphatic carbocycles. The first-order chi connectivity index (χ1) is 10.7. The Morgan fingerprint density at radius 1 is 0.818 bits per heavy atom. The number of aryl methyl sites for hydroxylation is 3. The van der Waals surface area contributed by atoms with Crippen LogP contribution >= 0.6 is 0 Å². The molecule has 0 heterocycles. The number of hydrogen-bond acceptors (Lipinski definition) is 0. The van der Waals surface area contributed by atoms with E-state index in [2.05, 4.69) is 43.3 Å². The van der Waals surface area contributed by atoms with Gasteiger partial charge in [-0.2, -0.15) is 0 Å². The maximum absolute atomic E-state index is 13.5. The molecule has 0 aromatic heterocycles. The average Bonchev–Trinajstić information content (AvgIpc) is 2.55. The molecule has 2 aromatic carbocycles. The Bertz CT molecular complexity index is 591. The Labute approximate surface area is 133 Å². The zero-order valence-electron chi connectivity index (χ0n) is 13.6. The third-order valence-electron chi connectivity index (χ3n) is 3.93. The zero-order chi connectivity index (χ0) is 15.8. The molecule has 0 saturated carbocycles. The van der Waals surface area contributed by atoms with Crippen LogP contribution in [0.25, 0.3) is 6.08 Å². The van der Waals surface area contributed by atoms with Gasteiger partial charge >= 0.3 is 0 Å². The van der Waals surface area contributed by atoms with Gasteiger partial charge in [0.15, 0.2) is 0 Å². The summed E-state index contributed by atoms with van der Waals surface area (Å²) in [6, 6.07) is 17.1. The van der Waals surface area contributed by atoms with E-state index in [0.29, 0.717) is 6.42 Å². The molecule has 22 heavy (non-hydrogen) atoms. The second-order valence-corrected chi connectivity index (χ2v) is 5.75. The fourth-order valence-corrected chi connectivity index (χ4v) is 2.50. The highest BCUT2D eigenvalue weighted by Crippen LogP contribution is 2.15. The molecule has 0 unspecified atom stereocenters. The van der Waals surface area contributed by atoms with Crippen LogP contribution in [0.3, 0.4) is 0 Å². The van der Waals surface area contributed by atoms with Gasteiger partial charge < -0.3 is 0 Å². The van der Waals surface area contributed by atoms with Crippen molar-refractivity contribution in [1.82, 2.24) is 0 Å². The third kappa shape index (κ3) is 5.14. The Morgan fingerprint density at radius 2 is 1.32 bits per heavy atom. The van der Waals surface area contributed by atoms with Gasteiger partial charge in [-0.3, -0.25) is 0 Å². The predicted octanol–water partition coefficient (Wildman–Crippen LogP) is 6.14. The van der Waals surface area contributed by atoms with E-state index in [1.807, 2.05) is 19.1 Å². The van der Waals surface area contributed by atoms with E-state index >= 15 is 0 Å². The van der Waals surface area contributed by atoms with Gasteiger partial charge in [0.2, 0.25) is 0 Å². The quantitative estimate of drug-likeness (QED) is 0.575. The van der Waals surface area contributed by atoms with E-state index in [0.717, 1.165) is 31.2 Å². The normalized spacial score (nSPS) is 11.7. The fraction of sp³-hybridized carbons (Fsp3) is 0.333. The molecular formula is C21H25F. The van der Waals surface area contributed by atoms with Crippen LogP contribution in [0.4, 0.5) is 4.39 Å². The molecule has 1 heteroatoms. The lowest BCUT2D eigenvalue weighted by Gasteiger charge is -2.04. The third-order valence-corrected chi connectivity index (χ3v) is 3.93. The second-order valence-electron chi connectivity index (χ2n) is 5.75. The molecule has 0 bridgehead atoms. The molecule has 0 aliphatic rings. The monoisotopic (exact) mass is 296 g/mol. The number of benzene rings is 2. The van der Waals surface area contributed by atoms with Gasteiger partial charge in [0.05, 0.1) is 0 Å². The highest BCUT2D eigenvalue weighted by Gasteiger charge is 1.98. The molecule has 116 valence electrons. The van der Waals surface area contributed by atoms with Gasteiger partial charge in [-0.05, 0) is 60.4 Å². The highest BCUT2D eigenvalue weighted by molar-refractivity contribution is 5.51. The largest absolute Gasteiger partial charge is 0.212 e. The summed E-state index contributed by atoms with van der Waals surface area (Å²) in [5, 5.41) is 0. The maximum Gasteiger partial charge on any atom is 0.100 e. The Balaban J connectivity index is 1.92. The van der Waals surface area contributed by atoms with Crippen molar-refractivity contribution < 1.29 is 4.39 Å². The van der Waals surface area contributed by atoms with E-state index in [1.165, 1.54) is 16.7 Å². The topological polar surface area (TPSA) is 0 Å². The molecule has 0 spiro atoms. The Kier molecular flexibility index (Phi) is 6.39. The van der Waals surface area contributed by atoms with Gasteiger partial charge in [-0.25, -0.2) is 4.39 Å². The minimum atomic E-state index is -0.0359.